The topological polar surface area (TPSA) is 33.4 Å². The molecule has 1 aromatic rings. The van der Waals surface area contributed by atoms with E-state index in [1.165, 1.54) is 11.1 Å². The summed E-state index contributed by atoms with van der Waals surface area (Å²) in [5.41, 5.74) is 2.41. The van der Waals surface area contributed by atoms with E-state index < -0.39 is 0 Å². The Morgan fingerprint density at radius 2 is 2.38 bits per heavy atom. The smallest absolute Gasteiger partial charge is 0.111 e. The van der Waals surface area contributed by atoms with Gasteiger partial charge in [0, 0.05) is 12.0 Å². The lowest BCUT2D eigenvalue weighted by Crippen LogP contribution is -2.02. The second-order valence-electron chi connectivity index (χ2n) is 3.54. The van der Waals surface area contributed by atoms with Crippen LogP contribution in [0, 0.1) is 0 Å². The zero-order valence-corrected chi connectivity index (χ0v) is 7.79. The van der Waals surface area contributed by atoms with E-state index in [0.29, 0.717) is 0 Å². The molecule has 70 valence electrons. The summed E-state index contributed by atoms with van der Waals surface area (Å²) in [6, 6.07) is 1.99. The summed E-state index contributed by atoms with van der Waals surface area (Å²) in [6.45, 7) is 1.78. The molecule has 2 nitrogen and oxygen atoms in total. The van der Waals surface area contributed by atoms with Crippen LogP contribution in [0.1, 0.15) is 31.1 Å². The molecule has 0 aliphatic heterocycles. The molecule has 13 heavy (non-hydrogen) atoms. The van der Waals surface area contributed by atoms with Crippen LogP contribution < -0.4 is 0 Å². The zero-order valence-electron chi connectivity index (χ0n) is 7.79. The van der Waals surface area contributed by atoms with Crippen molar-refractivity contribution in [3.05, 3.63) is 29.7 Å². The fourth-order valence-corrected chi connectivity index (χ4v) is 1.86. The normalized spacial score (nSPS) is 21.5. The van der Waals surface area contributed by atoms with Gasteiger partial charge in [-0.1, -0.05) is 6.08 Å². The van der Waals surface area contributed by atoms with Crippen molar-refractivity contribution in [2.24, 2.45) is 0 Å². The minimum Gasteiger partial charge on any atom is -0.469 e. The van der Waals surface area contributed by atoms with Crippen LogP contribution in [0.15, 0.2) is 22.8 Å². The van der Waals surface area contributed by atoms with Crippen LogP contribution >= 0.6 is 0 Å². The summed E-state index contributed by atoms with van der Waals surface area (Å²) < 4.78 is 5.35. The molecular weight excluding hydrogens is 164 g/mol. The molecular formula is C11H14O2. The maximum Gasteiger partial charge on any atom is 0.111 e. The van der Waals surface area contributed by atoms with Gasteiger partial charge in [-0.25, -0.2) is 0 Å². The van der Waals surface area contributed by atoms with Crippen LogP contribution in [-0.2, 0) is 6.42 Å². The fourth-order valence-electron chi connectivity index (χ4n) is 1.86. The summed E-state index contributed by atoms with van der Waals surface area (Å²) >= 11 is 0. The van der Waals surface area contributed by atoms with Gasteiger partial charge in [0.15, 0.2) is 0 Å². The average Bonchev–Trinajstić information content (AvgIpc) is 2.51. The highest BCUT2D eigenvalue weighted by atomic mass is 16.3. The van der Waals surface area contributed by atoms with E-state index in [9.17, 15) is 5.11 Å². The highest BCUT2D eigenvalue weighted by Crippen LogP contribution is 2.31. The standard InChI is InChI=1S/C11H14O2/c1-8(12)7-9-3-2-4-11-10(9)5-6-13-11/h5-8,12H,2-4H2,1H3/b9-7-. The Labute approximate surface area is 77.9 Å². The van der Waals surface area contributed by atoms with Gasteiger partial charge in [0.25, 0.3) is 0 Å². The van der Waals surface area contributed by atoms with E-state index >= 15 is 0 Å². The van der Waals surface area contributed by atoms with Crippen LogP contribution in [-0.4, -0.2) is 11.2 Å². The molecule has 0 saturated heterocycles. The van der Waals surface area contributed by atoms with Crippen LogP contribution in [0.5, 0.6) is 0 Å². The number of aliphatic hydroxyl groups is 1. The Bertz CT molecular complexity index is 321. The maximum atomic E-state index is 9.26. The van der Waals surface area contributed by atoms with Crippen molar-refractivity contribution >= 4 is 5.57 Å². The van der Waals surface area contributed by atoms with Gasteiger partial charge in [0.2, 0.25) is 0 Å². The van der Waals surface area contributed by atoms with Gasteiger partial charge in [-0.15, -0.1) is 0 Å². The van der Waals surface area contributed by atoms with Gasteiger partial charge in [0.05, 0.1) is 12.4 Å². The second kappa shape index (κ2) is 3.38. The minimum atomic E-state index is -0.365. The van der Waals surface area contributed by atoms with Crippen molar-refractivity contribution < 1.29 is 9.52 Å². The molecule has 1 heterocycles. The molecule has 0 spiro atoms. The van der Waals surface area contributed by atoms with Crippen LogP contribution in [0.25, 0.3) is 5.57 Å². The Morgan fingerprint density at radius 1 is 1.54 bits per heavy atom. The number of allylic oxidation sites excluding steroid dienone is 1. The lowest BCUT2D eigenvalue weighted by Gasteiger charge is -2.14. The van der Waals surface area contributed by atoms with Crippen LogP contribution in [0.4, 0.5) is 0 Å². The molecule has 1 aliphatic carbocycles. The van der Waals surface area contributed by atoms with E-state index in [2.05, 4.69) is 0 Å². The van der Waals surface area contributed by atoms with E-state index in [0.717, 1.165) is 25.0 Å². The van der Waals surface area contributed by atoms with Crippen LogP contribution in [0.3, 0.4) is 0 Å². The SMILES string of the molecule is CC(O)/C=C1/CCCc2occc21. The van der Waals surface area contributed by atoms with E-state index in [1.54, 1.807) is 13.2 Å². The quantitative estimate of drug-likeness (QED) is 0.716. The molecule has 0 aromatic carbocycles. The molecule has 0 amide bonds. The third-order valence-electron chi connectivity index (χ3n) is 2.38. The van der Waals surface area contributed by atoms with E-state index in [-0.39, 0.29) is 6.10 Å². The van der Waals surface area contributed by atoms with Gasteiger partial charge < -0.3 is 9.52 Å². The molecule has 1 atom stereocenters. The molecule has 0 saturated carbocycles. The summed E-state index contributed by atoms with van der Waals surface area (Å²) in [5, 5.41) is 9.26. The summed E-state index contributed by atoms with van der Waals surface area (Å²) in [7, 11) is 0. The summed E-state index contributed by atoms with van der Waals surface area (Å²) in [4.78, 5) is 0. The zero-order chi connectivity index (χ0) is 9.26. The monoisotopic (exact) mass is 178 g/mol. The fraction of sp³-hybridized carbons (Fsp3) is 0.455. The van der Waals surface area contributed by atoms with Crippen molar-refractivity contribution in [1.29, 1.82) is 0 Å². The largest absolute Gasteiger partial charge is 0.469 e. The predicted octanol–water partition coefficient (Wildman–Crippen LogP) is 2.38. The number of hydrogen-bond acceptors (Lipinski definition) is 2. The third kappa shape index (κ3) is 1.68. The first kappa shape index (κ1) is 8.57. The molecule has 0 bridgehead atoms. The van der Waals surface area contributed by atoms with Gasteiger partial charge in [-0.05, 0) is 31.4 Å². The Hall–Kier alpha value is -1.02. The van der Waals surface area contributed by atoms with E-state index in [1.807, 2.05) is 12.1 Å². The van der Waals surface area contributed by atoms with Crippen molar-refractivity contribution in [3.63, 3.8) is 0 Å². The van der Waals surface area contributed by atoms with Gasteiger partial charge in [-0.2, -0.15) is 0 Å². The first-order valence-electron chi connectivity index (χ1n) is 4.73. The highest BCUT2D eigenvalue weighted by molar-refractivity contribution is 5.68. The number of hydrogen-bond donors (Lipinski definition) is 1. The molecule has 1 aliphatic rings. The molecule has 1 aromatic heterocycles. The number of furan rings is 1. The highest BCUT2D eigenvalue weighted by Gasteiger charge is 2.16. The number of rotatable bonds is 1. The van der Waals surface area contributed by atoms with Gasteiger partial charge >= 0.3 is 0 Å². The molecule has 2 heteroatoms. The Balaban J connectivity index is 2.35. The molecule has 0 fully saturated rings. The first-order valence-corrected chi connectivity index (χ1v) is 4.73. The maximum absolute atomic E-state index is 9.26. The van der Waals surface area contributed by atoms with Crippen LogP contribution in [0.2, 0.25) is 0 Å². The van der Waals surface area contributed by atoms with Crippen molar-refractivity contribution in [1.82, 2.24) is 0 Å². The molecule has 2 rings (SSSR count). The summed E-state index contributed by atoms with van der Waals surface area (Å²) in [5.74, 6) is 1.07. The Kier molecular flexibility index (Phi) is 2.23. The molecule has 1 unspecified atom stereocenters. The third-order valence-corrected chi connectivity index (χ3v) is 2.38. The second-order valence-corrected chi connectivity index (χ2v) is 3.54. The number of aliphatic hydroxyl groups excluding tert-OH is 1. The molecule has 0 radical (unpaired) electrons. The predicted molar refractivity (Wildman–Crippen MR) is 51.3 cm³/mol. The van der Waals surface area contributed by atoms with Crippen molar-refractivity contribution in [2.45, 2.75) is 32.3 Å². The van der Waals surface area contributed by atoms with Crippen molar-refractivity contribution in [3.8, 4) is 0 Å². The van der Waals surface area contributed by atoms with Crippen molar-refractivity contribution in [2.75, 3.05) is 0 Å². The summed E-state index contributed by atoms with van der Waals surface area (Å²) in [6.07, 6.45) is 6.48. The first-order chi connectivity index (χ1) is 6.27. The average molecular weight is 178 g/mol. The van der Waals surface area contributed by atoms with Gasteiger partial charge in [-0.3, -0.25) is 0 Å². The lowest BCUT2D eigenvalue weighted by molar-refractivity contribution is 0.244. The molecule has 1 N–H and O–H groups in total. The lowest BCUT2D eigenvalue weighted by atomic mass is 9.92. The van der Waals surface area contributed by atoms with Gasteiger partial charge in [0.1, 0.15) is 5.76 Å². The van der Waals surface area contributed by atoms with E-state index in [4.69, 9.17) is 4.42 Å². The minimum absolute atomic E-state index is 0.365. The number of aryl methyl sites for hydroxylation is 1. The Morgan fingerprint density at radius 3 is 3.15 bits per heavy atom. The number of fused-ring (bicyclic) bond motifs is 1.